The third-order valence-corrected chi connectivity index (χ3v) is 31.1. The molecule has 4 aromatic carbocycles. The Morgan fingerprint density at radius 3 is 1.03 bits per heavy atom. The van der Waals surface area contributed by atoms with E-state index < -0.39 is 154 Å². The number of carbonyl (C=O) groups excluding carboxylic acids is 2. The molecular weight excluding hydrogens is 2050 g/mol. The van der Waals surface area contributed by atoms with Gasteiger partial charge in [0, 0.05) is 55.3 Å². The molecule has 7 saturated heterocycles. The second-order valence-corrected chi connectivity index (χ2v) is 42.6. The molecule has 7 aliphatic rings. The number of benzene rings is 4. The van der Waals surface area contributed by atoms with Crippen LogP contribution in [0.4, 0.5) is 0 Å². The Kier molecular flexibility index (Phi) is 46.8. The summed E-state index contributed by atoms with van der Waals surface area (Å²) < 4.78 is 121. The van der Waals surface area contributed by atoms with Gasteiger partial charge in [-0.3, -0.25) is 9.59 Å². The first kappa shape index (κ1) is 104. The first-order valence-corrected chi connectivity index (χ1v) is 64.9. The minimum atomic E-state index is -0.926. The van der Waals surface area contributed by atoms with E-state index in [1.165, 1.54) is 13.8 Å². The Morgan fingerprint density at radius 1 is 0.319 bits per heavy atom. The second-order valence-electron chi connectivity index (χ2n) is 32.9. The van der Waals surface area contributed by atoms with Crippen molar-refractivity contribution in [2.45, 2.75) is 305 Å². The van der Waals surface area contributed by atoms with Gasteiger partial charge in [0.05, 0.1) is 101 Å². The van der Waals surface area contributed by atoms with Crippen LogP contribution in [-0.4, -0.2) is 237 Å². The van der Waals surface area contributed by atoms with Crippen LogP contribution in [0.1, 0.15) is 153 Å². The molecule has 0 radical (unpaired) electrons. The Hall–Kier alpha value is 0.0299. The lowest BCUT2D eigenvalue weighted by Crippen LogP contribution is -2.61. The summed E-state index contributed by atoms with van der Waals surface area (Å²) in [7, 11) is 0. The smallest absolute Gasteiger partial charge is 0.470 e. The zero-order valence-corrected chi connectivity index (χ0v) is 86.7. The van der Waals surface area contributed by atoms with E-state index in [4.69, 9.17) is 90.9 Å². The van der Waals surface area contributed by atoms with Gasteiger partial charge in [-0.2, -0.15) is 81.1 Å². The third-order valence-electron chi connectivity index (χ3n) is 25.0. The second kappa shape index (κ2) is 53.4. The zero-order valence-electron chi connectivity index (χ0n) is 72.4. The highest BCUT2D eigenvalue weighted by Gasteiger charge is 2.54. The van der Waals surface area contributed by atoms with Crippen molar-refractivity contribution in [1.29, 1.82) is 0 Å². The molecule has 0 saturated carbocycles. The predicted octanol–water partition coefficient (Wildman–Crippen LogP) is 13.1. The molecule has 664 valence electrons. The highest BCUT2D eigenvalue weighted by molar-refractivity contribution is 14.1. The van der Waals surface area contributed by atoms with E-state index >= 15 is 0 Å². The molecule has 7 heterocycles. The van der Waals surface area contributed by atoms with E-state index in [1.54, 1.807) is 0 Å². The highest BCUT2D eigenvalue weighted by Crippen LogP contribution is 2.43. The fraction of sp³-hybridized carbons (Fsp3) is 0.698. The number of hydrogen-bond acceptors (Lipinski definition) is 25. The van der Waals surface area contributed by atoms with Gasteiger partial charge in [-0.25, -0.2) is 0 Å². The summed E-state index contributed by atoms with van der Waals surface area (Å²) in [6, 6.07) is 40.5. The maximum atomic E-state index is 11.9. The van der Waals surface area contributed by atoms with Crippen molar-refractivity contribution >= 4 is 142 Å². The van der Waals surface area contributed by atoms with Crippen molar-refractivity contribution in [3.8, 4) is 0 Å². The summed E-state index contributed by atoms with van der Waals surface area (Å²) in [5, 5.41) is 32.1. The Bertz CT molecular complexity index is 3490. The van der Waals surface area contributed by atoms with Gasteiger partial charge < -0.3 is 106 Å². The van der Waals surface area contributed by atoms with Crippen LogP contribution in [-0.2, 0) is 127 Å². The molecule has 35 atom stereocenters. The summed E-state index contributed by atoms with van der Waals surface area (Å²) in [5.74, 6) is 0.978. The number of carbonyl (C=O) groups is 2. The van der Waals surface area contributed by atoms with E-state index in [2.05, 4.69) is 187 Å². The lowest BCUT2D eigenvalue weighted by Gasteiger charge is -2.49. The molecule has 7 aliphatic heterocycles. The number of halogens is 4. The van der Waals surface area contributed by atoms with Gasteiger partial charge in [0.15, 0.2) is 56.2 Å². The maximum Gasteiger partial charge on any atom is 0.527 e. The molecule has 0 bridgehead atoms. The molecular formula is C86H130Al4I4O25. The van der Waals surface area contributed by atoms with Crippen LogP contribution >= 0.6 is 81.1 Å². The first-order chi connectivity index (χ1) is 56.9. The SMILES string of the molecule is CC(=O)OC1[C@H]([O][AlH][I])OC(C)[C@H](C)[C@@H]1O.CC(=O)OC1[C@H]([O][AlH][I])OC(C)[C@H](C)[C@@H]1O[C@H]1O[C@@H](COCc2ccccc2)[C@@H](C)C(C)C1C.CC1C(C)[C@H](C)[C@H](COCc2ccccc2)O[C@@H]1O[C@@H]1C(O)[C@H]([O][AlH][I])OC(C)[C@@H]1C.CCC1O[C@@H](O[C@@H]2C(O)[C@H]([O][AlH][I])OC(C)[C@@H]2C)C(OCc2ccccc2)[C@@H](OCc2ccccc2)[C@@H]1C. The molecule has 11 rings (SSSR count). The van der Waals surface area contributed by atoms with E-state index in [0.717, 1.165) is 28.7 Å². The summed E-state index contributed by atoms with van der Waals surface area (Å²) in [6.07, 6.45) is -9.87. The topological polar surface area (TPSA) is 279 Å². The van der Waals surface area contributed by atoms with Crippen LogP contribution in [0.15, 0.2) is 121 Å². The first-order valence-electron chi connectivity index (χ1n) is 42.1. The quantitative estimate of drug-likeness (QED) is 0.0240. The summed E-state index contributed by atoms with van der Waals surface area (Å²) >= 11 is 5.84. The minimum Gasteiger partial charge on any atom is -0.470 e. The molecule has 0 aliphatic carbocycles. The molecule has 3 N–H and O–H groups in total. The van der Waals surface area contributed by atoms with Gasteiger partial charge in [0.1, 0.15) is 30.5 Å². The zero-order chi connectivity index (χ0) is 86.7. The van der Waals surface area contributed by atoms with Crippen LogP contribution in [0.3, 0.4) is 0 Å². The minimum absolute atomic E-state index is 0.00156. The van der Waals surface area contributed by atoms with E-state index in [1.807, 2.05) is 126 Å². The Labute approximate surface area is 777 Å². The van der Waals surface area contributed by atoms with Crippen molar-refractivity contribution < 1.29 is 116 Å². The predicted molar refractivity (Wildman–Crippen MR) is 489 cm³/mol. The molecule has 4 aromatic rings. The molecule has 0 amide bonds. The number of esters is 2. The number of aliphatic hydroxyl groups excluding tert-OH is 3. The Morgan fingerprint density at radius 2 is 0.639 bits per heavy atom. The van der Waals surface area contributed by atoms with Crippen molar-refractivity contribution in [3.05, 3.63) is 144 Å². The van der Waals surface area contributed by atoms with Crippen molar-refractivity contribution in [1.82, 2.24) is 0 Å². The Balaban J connectivity index is 0.000000204. The highest BCUT2D eigenvalue weighted by atomic mass is 127. The lowest BCUT2D eigenvalue weighted by molar-refractivity contribution is -0.346. The number of hydrogen-bond donors (Lipinski definition) is 3. The number of aliphatic hydroxyl groups is 3. The van der Waals surface area contributed by atoms with Crippen LogP contribution in [0, 0.1) is 65.1 Å². The molecule has 14 unspecified atom stereocenters. The standard InChI is InChI=1S/C29H39O7.C25H37O7.C23H35O6.C9H15O5.4Al.4HI.4H/c1-5-23-19(3)26(32-16-21-12-8-6-9-13-21)27(33-17-22-14-10-7-11-15-22)29(35-23)36-25-18(2)20(4)34-28(31)24(25)30;1-14-15(2)21(13-28-12-20-10-8-7-9-11-20)31-25(16(14)3)32-22-17(4)18(5)29-24(27)23(22)30-19(6)26;1-13-14(2)19(12-26-11-18-9-7-6-8-10-18)28-23(15(13)3)29-21-16(4)17(5)27-22(25)20(21)24;1-4-5(2)13-9(12)8(7(4)11)14-6(3)10;;;;;;;;;;;;/h6-15,18-20,23-30H,5,16-17H2,1-4H3;7-11,14-18,21-25H,12-13H2,1-6H3;6-10,13-17,19-24H,11-12H2,1-5H3;4-5,7-9,11H,1-3H3;;;;;4*1H;;;;/q4*-1;4*+2;;;;;;;;/p-4/t18-,19+,20?,23?,24?,25-,26-,27?,28+,29-;14?,15-,16?,17-,18?,21-,22-,23?,24+,25+;13?,14-,15?,16-,17?,19-,20?,21-,22+,23+;4-,5?,7-,8?,9+;;;;;;;;;;;;/m0000............/s1. The van der Waals surface area contributed by atoms with Crippen LogP contribution < -0.4 is 0 Å². The van der Waals surface area contributed by atoms with E-state index in [9.17, 15) is 24.9 Å². The third kappa shape index (κ3) is 30.6. The normalized spacial score (nSPS) is 38.3. The molecule has 25 nitrogen and oxygen atoms in total. The van der Waals surface area contributed by atoms with Crippen molar-refractivity contribution in [3.63, 3.8) is 0 Å². The van der Waals surface area contributed by atoms with Gasteiger partial charge in [0.2, 0.25) is 0 Å². The molecule has 0 aromatic heterocycles. The average molecular weight is 2180 g/mol. The van der Waals surface area contributed by atoms with Gasteiger partial charge in [-0.15, -0.1) is 0 Å². The maximum absolute atomic E-state index is 11.9. The summed E-state index contributed by atoms with van der Waals surface area (Å²) in [6.45, 7) is 39.1. The molecule has 33 heteroatoms. The summed E-state index contributed by atoms with van der Waals surface area (Å²) in [5.41, 5.74) is 4.45. The van der Waals surface area contributed by atoms with Crippen LogP contribution in [0.5, 0.6) is 0 Å². The fourth-order valence-corrected chi connectivity index (χ4v) is 21.9. The van der Waals surface area contributed by atoms with E-state index in [0.29, 0.717) is 63.3 Å². The number of rotatable bonds is 31. The van der Waals surface area contributed by atoms with Gasteiger partial charge >= 0.3 is 61.0 Å². The number of ether oxygens (including phenoxy) is 16. The van der Waals surface area contributed by atoms with Crippen molar-refractivity contribution in [2.75, 3.05) is 13.2 Å². The van der Waals surface area contributed by atoms with E-state index in [-0.39, 0.29) is 96.2 Å². The largest absolute Gasteiger partial charge is 0.527 e. The van der Waals surface area contributed by atoms with Gasteiger partial charge in [-0.05, 0) is 80.0 Å². The fourth-order valence-electron chi connectivity index (χ4n) is 16.1. The molecule has 0 spiro atoms. The molecule has 7 fully saturated rings. The van der Waals surface area contributed by atoms with Crippen LogP contribution in [0.2, 0.25) is 0 Å². The lowest BCUT2D eigenvalue weighted by atomic mass is 9.79. The van der Waals surface area contributed by atoms with Crippen molar-refractivity contribution in [2.24, 2.45) is 65.1 Å². The molecule has 119 heavy (non-hydrogen) atoms. The van der Waals surface area contributed by atoms with Crippen LogP contribution in [0.25, 0.3) is 0 Å². The summed E-state index contributed by atoms with van der Waals surface area (Å²) in [4.78, 5) is 22.9. The van der Waals surface area contributed by atoms with Gasteiger partial charge in [-0.1, -0.05) is 204 Å². The monoisotopic (exact) mass is 2180 g/mol. The van der Waals surface area contributed by atoms with Gasteiger partial charge in [0.25, 0.3) is 0 Å². The average Bonchev–Trinajstić information content (AvgIpc) is 0.775.